The molecule has 0 aromatic heterocycles. The van der Waals surface area contributed by atoms with Crippen molar-refractivity contribution in [2.45, 2.75) is 25.4 Å². The van der Waals surface area contributed by atoms with Gasteiger partial charge in [-0.05, 0) is 60.7 Å². The van der Waals surface area contributed by atoms with Gasteiger partial charge in [-0.2, -0.15) is 0 Å². The third-order valence-electron chi connectivity index (χ3n) is 7.02. The highest BCUT2D eigenvalue weighted by Crippen LogP contribution is 2.57. The Morgan fingerprint density at radius 3 is 2.38 bits per heavy atom. The van der Waals surface area contributed by atoms with Crippen molar-refractivity contribution in [3.63, 3.8) is 0 Å². The van der Waals surface area contributed by atoms with E-state index in [9.17, 15) is 19.2 Å². The first-order chi connectivity index (χ1) is 16.4. The highest BCUT2D eigenvalue weighted by atomic mass is 16.6. The van der Waals surface area contributed by atoms with Crippen LogP contribution in [-0.4, -0.2) is 43.5 Å². The number of ketones is 1. The SMILES string of the molecule is COc1ccc(CC(=O)Oc2ccc(C(=O)COC(=O)[C@@H]3[C@@H]4C[C@@H]5[C@@H]3C(=O)O[C@H]5C4)cc2)cc1. The molecular formula is C26H24O8. The van der Waals surface area contributed by atoms with Gasteiger partial charge in [-0.1, -0.05) is 12.1 Å². The summed E-state index contributed by atoms with van der Waals surface area (Å²) in [5.74, 6) is -1.39. The number of benzene rings is 2. The van der Waals surface area contributed by atoms with E-state index in [1.54, 1.807) is 31.4 Å². The molecule has 0 radical (unpaired) electrons. The minimum Gasteiger partial charge on any atom is -0.497 e. The van der Waals surface area contributed by atoms with E-state index in [0.717, 1.165) is 12.0 Å². The fourth-order valence-corrected chi connectivity index (χ4v) is 5.43. The molecule has 2 bridgehead atoms. The molecule has 2 saturated carbocycles. The predicted molar refractivity (Wildman–Crippen MR) is 117 cm³/mol. The third kappa shape index (κ3) is 4.16. The number of rotatable bonds is 8. The van der Waals surface area contributed by atoms with Crippen molar-refractivity contribution in [1.82, 2.24) is 0 Å². The first kappa shape index (κ1) is 22.1. The van der Waals surface area contributed by atoms with E-state index in [1.807, 2.05) is 0 Å². The Balaban J connectivity index is 1.12. The molecule has 3 aliphatic rings. The summed E-state index contributed by atoms with van der Waals surface area (Å²) < 4.78 is 21.0. The lowest BCUT2D eigenvalue weighted by Crippen LogP contribution is -2.34. The molecule has 5 rings (SSSR count). The summed E-state index contributed by atoms with van der Waals surface area (Å²) >= 11 is 0. The van der Waals surface area contributed by atoms with Crippen LogP contribution in [0, 0.1) is 23.7 Å². The fourth-order valence-electron chi connectivity index (χ4n) is 5.43. The van der Waals surface area contributed by atoms with Crippen LogP contribution in [0.2, 0.25) is 0 Å². The van der Waals surface area contributed by atoms with Gasteiger partial charge in [0.1, 0.15) is 17.6 Å². The molecule has 2 aliphatic carbocycles. The molecule has 0 amide bonds. The fraction of sp³-hybridized carbons (Fsp3) is 0.385. The predicted octanol–water partition coefficient (Wildman–Crippen LogP) is 2.77. The van der Waals surface area contributed by atoms with Crippen molar-refractivity contribution in [3.05, 3.63) is 59.7 Å². The van der Waals surface area contributed by atoms with E-state index >= 15 is 0 Å². The molecule has 8 nitrogen and oxygen atoms in total. The lowest BCUT2D eigenvalue weighted by Gasteiger charge is -2.22. The van der Waals surface area contributed by atoms with Crippen LogP contribution < -0.4 is 9.47 Å². The second-order valence-electron chi connectivity index (χ2n) is 8.98. The summed E-state index contributed by atoms with van der Waals surface area (Å²) in [5.41, 5.74) is 1.12. The molecule has 2 aromatic carbocycles. The highest BCUT2D eigenvalue weighted by Gasteiger charge is 2.64. The van der Waals surface area contributed by atoms with Gasteiger partial charge in [0.25, 0.3) is 0 Å². The molecule has 3 fully saturated rings. The van der Waals surface area contributed by atoms with Gasteiger partial charge in [0.15, 0.2) is 12.4 Å². The Morgan fingerprint density at radius 1 is 0.971 bits per heavy atom. The van der Waals surface area contributed by atoms with Crippen molar-refractivity contribution in [2.24, 2.45) is 23.7 Å². The monoisotopic (exact) mass is 464 g/mol. The van der Waals surface area contributed by atoms with Gasteiger partial charge in [-0.25, -0.2) is 0 Å². The van der Waals surface area contributed by atoms with E-state index in [4.69, 9.17) is 18.9 Å². The van der Waals surface area contributed by atoms with Crippen LogP contribution >= 0.6 is 0 Å². The van der Waals surface area contributed by atoms with Gasteiger partial charge >= 0.3 is 17.9 Å². The van der Waals surface area contributed by atoms with Gasteiger partial charge in [0, 0.05) is 11.5 Å². The third-order valence-corrected chi connectivity index (χ3v) is 7.02. The number of hydrogen-bond acceptors (Lipinski definition) is 8. The van der Waals surface area contributed by atoms with Crippen LogP contribution in [0.4, 0.5) is 0 Å². The number of fused-ring (bicyclic) bond motifs is 1. The van der Waals surface area contributed by atoms with Gasteiger partial charge in [0.2, 0.25) is 0 Å². The lowest BCUT2D eigenvalue weighted by atomic mass is 9.80. The number of methoxy groups -OCH3 is 1. The average molecular weight is 464 g/mol. The average Bonchev–Trinajstić information content (AvgIpc) is 3.46. The van der Waals surface area contributed by atoms with Gasteiger partial charge in [-0.3, -0.25) is 19.2 Å². The Hall–Kier alpha value is -3.68. The molecule has 0 N–H and O–H groups in total. The van der Waals surface area contributed by atoms with Crippen molar-refractivity contribution in [1.29, 1.82) is 0 Å². The quantitative estimate of drug-likeness (QED) is 0.334. The maximum atomic E-state index is 12.6. The number of Topliss-reactive ketones (excluding diaryl/α,β-unsaturated/α-hetero) is 1. The van der Waals surface area contributed by atoms with E-state index in [-0.39, 0.29) is 36.1 Å². The maximum absolute atomic E-state index is 12.6. The van der Waals surface area contributed by atoms with Gasteiger partial charge < -0.3 is 18.9 Å². The Kier molecular flexibility index (Phi) is 5.81. The van der Waals surface area contributed by atoms with Crippen LogP contribution in [0.5, 0.6) is 11.5 Å². The number of esters is 3. The molecule has 1 saturated heterocycles. The summed E-state index contributed by atoms with van der Waals surface area (Å²) in [7, 11) is 1.57. The van der Waals surface area contributed by atoms with Gasteiger partial charge in [0.05, 0.1) is 25.4 Å². The first-order valence-corrected chi connectivity index (χ1v) is 11.3. The summed E-state index contributed by atoms with van der Waals surface area (Å²) in [5, 5.41) is 0. The van der Waals surface area contributed by atoms with Crippen LogP contribution in [-0.2, 0) is 30.3 Å². The van der Waals surface area contributed by atoms with Crippen LogP contribution in [0.25, 0.3) is 0 Å². The zero-order chi connectivity index (χ0) is 23.8. The first-order valence-electron chi connectivity index (χ1n) is 11.3. The topological polar surface area (TPSA) is 105 Å². The number of ether oxygens (including phenoxy) is 4. The molecule has 176 valence electrons. The van der Waals surface area contributed by atoms with Crippen molar-refractivity contribution >= 4 is 23.7 Å². The summed E-state index contributed by atoms with van der Waals surface area (Å²) in [4.78, 5) is 49.4. The van der Waals surface area contributed by atoms with Crippen LogP contribution in [0.15, 0.2) is 48.5 Å². The number of carbonyl (C=O) groups is 4. The molecule has 1 aliphatic heterocycles. The van der Waals surface area contributed by atoms with Crippen LogP contribution in [0.3, 0.4) is 0 Å². The molecule has 2 aromatic rings. The minimum atomic E-state index is -0.517. The second kappa shape index (κ2) is 8.93. The summed E-state index contributed by atoms with van der Waals surface area (Å²) in [6.07, 6.45) is 1.53. The van der Waals surface area contributed by atoms with E-state index < -0.39 is 30.4 Å². The van der Waals surface area contributed by atoms with Crippen LogP contribution in [0.1, 0.15) is 28.8 Å². The molecule has 0 unspecified atom stereocenters. The van der Waals surface area contributed by atoms with E-state index in [2.05, 4.69) is 0 Å². The molecule has 34 heavy (non-hydrogen) atoms. The Morgan fingerprint density at radius 2 is 1.68 bits per heavy atom. The number of hydrogen-bond donors (Lipinski definition) is 0. The Labute approximate surface area is 196 Å². The largest absolute Gasteiger partial charge is 0.497 e. The molecule has 5 atom stereocenters. The zero-order valence-corrected chi connectivity index (χ0v) is 18.6. The molecule has 1 heterocycles. The Bertz CT molecular complexity index is 1120. The van der Waals surface area contributed by atoms with Crippen molar-refractivity contribution in [2.75, 3.05) is 13.7 Å². The summed E-state index contributed by atoms with van der Waals surface area (Å²) in [6.45, 7) is -0.408. The van der Waals surface area contributed by atoms with Crippen molar-refractivity contribution in [3.8, 4) is 11.5 Å². The molecule has 0 spiro atoms. The van der Waals surface area contributed by atoms with Crippen molar-refractivity contribution < 1.29 is 38.1 Å². The minimum absolute atomic E-state index is 0.0583. The molecular weight excluding hydrogens is 440 g/mol. The standard InChI is InChI=1S/C26H24O8/c1-31-17-6-2-14(3-7-17)10-22(28)33-18-8-4-15(5-9-18)20(27)13-32-25(29)23-16-11-19-21(12-16)34-26(30)24(19)23/h2-9,16,19,21,23-24H,10-13H2,1H3/t16-,19+,21+,23-,24+/m1/s1. The molecule has 8 heteroatoms. The number of carbonyl (C=O) groups excluding carboxylic acids is 4. The smallest absolute Gasteiger partial charge is 0.315 e. The second-order valence-corrected chi connectivity index (χ2v) is 8.98. The van der Waals surface area contributed by atoms with E-state index in [0.29, 0.717) is 23.5 Å². The normalized spacial score (nSPS) is 26.1. The summed E-state index contributed by atoms with van der Waals surface area (Å²) in [6, 6.07) is 13.2. The van der Waals surface area contributed by atoms with E-state index in [1.165, 1.54) is 24.3 Å². The van der Waals surface area contributed by atoms with Gasteiger partial charge in [-0.15, -0.1) is 0 Å². The zero-order valence-electron chi connectivity index (χ0n) is 18.6. The maximum Gasteiger partial charge on any atom is 0.315 e. The highest BCUT2D eigenvalue weighted by molar-refractivity contribution is 5.98. The lowest BCUT2D eigenvalue weighted by molar-refractivity contribution is -0.154.